The summed E-state index contributed by atoms with van der Waals surface area (Å²) in [5, 5.41) is 2.53. The second-order valence-electron chi connectivity index (χ2n) is 3.85. The highest BCUT2D eigenvalue weighted by Crippen LogP contribution is 2.17. The first-order valence-corrected chi connectivity index (χ1v) is 5.37. The zero-order valence-corrected chi connectivity index (χ0v) is 9.84. The quantitative estimate of drug-likeness (QED) is 0.784. The molecule has 18 heavy (non-hydrogen) atoms. The lowest BCUT2D eigenvalue weighted by Crippen LogP contribution is -2.22. The third kappa shape index (κ3) is 2.60. The first kappa shape index (κ1) is 12.0. The van der Waals surface area contributed by atoms with Gasteiger partial charge in [0.1, 0.15) is 6.67 Å². The number of amides is 1. The maximum atomic E-state index is 11.6. The molecule has 94 valence electrons. The summed E-state index contributed by atoms with van der Waals surface area (Å²) in [6, 6.07) is 6.90. The molecule has 0 aliphatic rings. The van der Waals surface area contributed by atoms with Crippen LogP contribution in [-0.2, 0) is 11.5 Å². The highest BCUT2D eigenvalue weighted by Gasteiger charge is 2.09. The summed E-state index contributed by atoms with van der Waals surface area (Å²) in [7, 11) is 0. The standard InChI is InChI=1S/C12H13N3O3/c1-8(16)14-7-15-6-11(12(17)18-15)9-2-4-10(13)5-3-9/h2-6H,7,13H2,1H3,(H,14,16). The number of nitrogen functional groups attached to an aromatic ring is 1. The van der Waals surface area contributed by atoms with Crippen molar-refractivity contribution in [2.24, 2.45) is 0 Å². The second kappa shape index (κ2) is 4.79. The molecule has 1 aromatic heterocycles. The van der Waals surface area contributed by atoms with Crippen LogP contribution in [0.15, 0.2) is 39.8 Å². The zero-order chi connectivity index (χ0) is 13.1. The van der Waals surface area contributed by atoms with Gasteiger partial charge in [-0.25, -0.2) is 4.79 Å². The molecule has 0 aliphatic carbocycles. The van der Waals surface area contributed by atoms with Crippen LogP contribution in [0, 0.1) is 0 Å². The van der Waals surface area contributed by atoms with E-state index in [9.17, 15) is 9.59 Å². The molecular formula is C12H13N3O3. The predicted molar refractivity (Wildman–Crippen MR) is 66.6 cm³/mol. The smallest absolute Gasteiger partial charge is 0.365 e. The minimum absolute atomic E-state index is 0.125. The number of anilines is 1. The number of nitrogens with two attached hydrogens (primary N) is 1. The monoisotopic (exact) mass is 247 g/mol. The van der Waals surface area contributed by atoms with Crippen LogP contribution in [0.4, 0.5) is 5.69 Å². The summed E-state index contributed by atoms with van der Waals surface area (Å²) in [6.45, 7) is 1.52. The molecule has 0 atom stereocenters. The van der Waals surface area contributed by atoms with Crippen molar-refractivity contribution in [3.63, 3.8) is 0 Å². The molecule has 0 saturated heterocycles. The van der Waals surface area contributed by atoms with Crippen molar-refractivity contribution in [1.29, 1.82) is 0 Å². The molecule has 0 saturated carbocycles. The Morgan fingerprint density at radius 3 is 2.67 bits per heavy atom. The zero-order valence-electron chi connectivity index (χ0n) is 9.84. The average Bonchev–Trinajstić information content (AvgIpc) is 2.69. The molecule has 6 nitrogen and oxygen atoms in total. The third-order valence-corrected chi connectivity index (χ3v) is 2.40. The predicted octanol–water partition coefficient (Wildman–Crippen LogP) is 0.784. The van der Waals surface area contributed by atoms with Gasteiger partial charge in [0.15, 0.2) is 0 Å². The number of hydrogen-bond donors (Lipinski definition) is 2. The molecule has 0 fully saturated rings. The summed E-state index contributed by atoms with van der Waals surface area (Å²) < 4.78 is 6.24. The third-order valence-electron chi connectivity index (χ3n) is 2.40. The first-order valence-electron chi connectivity index (χ1n) is 5.37. The molecule has 1 aromatic carbocycles. The number of rotatable bonds is 3. The molecule has 6 heteroatoms. The van der Waals surface area contributed by atoms with Crippen LogP contribution >= 0.6 is 0 Å². The lowest BCUT2D eigenvalue weighted by atomic mass is 10.1. The van der Waals surface area contributed by atoms with Gasteiger partial charge in [-0.05, 0) is 17.7 Å². The number of carbonyl (C=O) groups is 1. The fourth-order valence-corrected chi connectivity index (χ4v) is 1.50. The fraction of sp³-hybridized carbons (Fsp3) is 0.167. The molecule has 0 spiro atoms. The van der Waals surface area contributed by atoms with Crippen molar-refractivity contribution in [1.82, 2.24) is 10.1 Å². The summed E-state index contributed by atoms with van der Waals surface area (Å²) in [5.41, 5.74) is 6.90. The van der Waals surface area contributed by atoms with E-state index in [1.54, 1.807) is 30.5 Å². The largest absolute Gasteiger partial charge is 0.399 e. The molecule has 3 N–H and O–H groups in total. The molecular weight excluding hydrogens is 234 g/mol. The minimum Gasteiger partial charge on any atom is -0.399 e. The highest BCUT2D eigenvalue weighted by molar-refractivity contribution is 5.72. The van der Waals surface area contributed by atoms with Crippen LogP contribution in [0.25, 0.3) is 11.1 Å². The lowest BCUT2D eigenvalue weighted by Gasteiger charge is -1.99. The molecule has 2 rings (SSSR count). The molecule has 1 heterocycles. The Morgan fingerprint density at radius 1 is 1.39 bits per heavy atom. The van der Waals surface area contributed by atoms with E-state index >= 15 is 0 Å². The van der Waals surface area contributed by atoms with Gasteiger partial charge in [-0.1, -0.05) is 12.1 Å². The van der Waals surface area contributed by atoms with Crippen molar-refractivity contribution < 1.29 is 9.32 Å². The highest BCUT2D eigenvalue weighted by atomic mass is 16.5. The average molecular weight is 247 g/mol. The molecule has 1 amide bonds. The Bertz CT molecular complexity index is 610. The maximum Gasteiger partial charge on any atom is 0.365 e. The molecule has 0 radical (unpaired) electrons. The van der Waals surface area contributed by atoms with Crippen LogP contribution in [-0.4, -0.2) is 10.6 Å². The van der Waals surface area contributed by atoms with Gasteiger partial charge in [0, 0.05) is 12.6 Å². The van der Waals surface area contributed by atoms with Crippen molar-refractivity contribution in [3.05, 3.63) is 40.9 Å². The molecule has 0 aliphatic heterocycles. The van der Waals surface area contributed by atoms with Crippen LogP contribution < -0.4 is 16.7 Å². The van der Waals surface area contributed by atoms with E-state index in [0.29, 0.717) is 11.3 Å². The summed E-state index contributed by atoms with van der Waals surface area (Å²) in [4.78, 5) is 22.4. The number of nitrogens with one attached hydrogen (secondary N) is 1. The first-order chi connectivity index (χ1) is 8.56. The lowest BCUT2D eigenvalue weighted by molar-refractivity contribution is -0.119. The van der Waals surface area contributed by atoms with Gasteiger partial charge < -0.3 is 15.6 Å². The van der Waals surface area contributed by atoms with Gasteiger partial charge in [0.25, 0.3) is 0 Å². The Kier molecular flexibility index (Phi) is 3.18. The number of aromatic nitrogens is 1. The van der Waals surface area contributed by atoms with E-state index in [4.69, 9.17) is 10.3 Å². The fourth-order valence-electron chi connectivity index (χ4n) is 1.50. The van der Waals surface area contributed by atoms with Crippen LogP contribution in [0.1, 0.15) is 6.92 Å². The van der Waals surface area contributed by atoms with Crippen LogP contribution in [0.5, 0.6) is 0 Å². The Morgan fingerprint density at radius 2 is 2.06 bits per heavy atom. The Hall–Kier alpha value is -2.50. The van der Waals surface area contributed by atoms with Crippen LogP contribution in [0.2, 0.25) is 0 Å². The van der Waals surface area contributed by atoms with Crippen molar-refractivity contribution >= 4 is 11.6 Å². The van der Waals surface area contributed by atoms with Gasteiger partial charge in [-0.15, -0.1) is 0 Å². The summed E-state index contributed by atoms with van der Waals surface area (Å²) in [6.07, 6.45) is 1.55. The van der Waals surface area contributed by atoms with E-state index in [2.05, 4.69) is 5.32 Å². The van der Waals surface area contributed by atoms with Gasteiger partial charge >= 0.3 is 5.63 Å². The molecule has 2 aromatic rings. The Balaban J connectivity index is 2.26. The van der Waals surface area contributed by atoms with Crippen molar-refractivity contribution in [2.75, 3.05) is 5.73 Å². The van der Waals surface area contributed by atoms with Gasteiger partial charge in [-0.2, -0.15) is 4.74 Å². The summed E-state index contributed by atoms with van der Waals surface area (Å²) >= 11 is 0. The number of benzene rings is 1. The van der Waals surface area contributed by atoms with E-state index in [-0.39, 0.29) is 12.6 Å². The molecule has 0 unspecified atom stereocenters. The maximum absolute atomic E-state index is 11.6. The SMILES string of the molecule is CC(=O)NCn1cc(-c2ccc(N)cc2)c(=O)o1. The Labute approximate surface area is 103 Å². The molecule has 0 bridgehead atoms. The van der Waals surface area contributed by atoms with Gasteiger partial charge in [-0.3, -0.25) is 4.79 Å². The number of nitrogens with zero attached hydrogens (tertiary/aromatic N) is 1. The van der Waals surface area contributed by atoms with E-state index in [1.165, 1.54) is 11.7 Å². The number of carbonyl (C=O) groups excluding carboxylic acids is 1. The van der Waals surface area contributed by atoms with E-state index < -0.39 is 5.63 Å². The van der Waals surface area contributed by atoms with Crippen molar-refractivity contribution in [3.8, 4) is 11.1 Å². The van der Waals surface area contributed by atoms with E-state index in [0.717, 1.165) is 5.56 Å². The van der Waals surface area contributed by atoms with Gasteiger partial charge in [0.05, 0.1) is 11.8 Å². The summed E-state index contributed by atoms with van der Waals surface area (Å²) in [5.74, 6) is -0.194. The second-order valence-corrected chi connectivity index (χ2v) is 3.85. The van der Waals surface area contributed by atoms with E-state index in [1.807, 2.05) is 0 Å². The van der Waals surface area contributed by atoms with Crippen LogP contribution in [0.3, 0.4) is 0 Å². The van der Waals surface area contributed by atoms with Crippen molar-refractivity contribution in [2.45, 2.75) is 13.6 Å². The topological polar surface area (TPSA) is 90.3 Å². The number of hydrogen-bond acceptors (Lipinski definition) is 4. The minimum atomic E-state index is -0.454. The van der Waals surface area contributed by atoms with Gasteiger partial charge in [0.2, 0.25) is 5.91 Å². The normalized spacial score (nSPS) is 10.3.